The van der Waals surface area contributed by atoms with E-state index in [-0.39, 0.29) is 5.97 Å². The fourth-order valence-corrected chi connectivity index (χ4v) is 2.09. The maximum Gasteiger partial charge on any atom is 0.348 e. The van der Waals surface area contributed by atoms with Gasteiger partial charge < -0.3 is 10.5 Å². The van der Waals surface area contributed by atoms with Gasteiger partial charge in [-0.3, -0.25) is 4.99 Å². The van der Waals surface area contributed by atoms with Crippen molar-refractivity contribution in [3.63, 3.8) is 0 Å². The van der Waals surface area contributed by atoms with Crippen LogP contribution in [0.4, 0.5) is 5.00 Å². The third-order valence-electron chi connectivity index (χ3n) is 1.85. The smallest absolute Gasteiger partial charge is 0.348 e. The van der Waals surface area contributed by atoms with Gasteiger partial charge in [0.1, 0.15) is 4.88 Å². The molecule has 1 heterocycles. The van der Waals surface area contributed by atoms with E-state index in [0.717, 1.165) is 11.1 Å². The second-order valence-corrected chi connectivity index (χ2v) is 3.77. The molecule has 0 saturated heterocycles. The van der Waals surface area contributed by atoms with Crippen molar-refractivity contribution in [2.24, 2.45) is 4.99 Å². The lowest BCUT2D eigenvalue weighted by atomic mass is 10.2. The zero-order valence-corrected chi connectivity index (χ0v) is 9.14. The molecule has 0 aliphatic rings. The van der Waals surface area contributed by atoms with Gasteiger partial charge in [-0.05, 0) is 12.5 Å². The van der Waals surface area contributed by atoms with Crippen LogP contribution in [0.5, 0.6) is 0 Å². The number of hydrogen-bond acceptors (Lipinski definition) is 5. The van der Waals surface area contributed by atoms with Gasteiger partial charge in [-0.15, -0.1) is 11.3 Å². The van der Waals surface area contributed by atoms with E-state index in [0.29, 0.717) is 9.88 Å². The molecule has 14 heavy (non-hydrogen) atoms. The lowest BCUT2D eigenvalue weighted by Gasteiger charge is -1.96. The molecule has 0 radical (unpaired) electrons. The van der Waals surface area contributed by atoms with Crippen LogP contribution in [-0.4, -0.2) is 26.3 Å². The summed E-state index contributed by atoms with van der Waals surface area (Å²) in [6.45, 7) is 1.83. The number of esters is 1. The van der Waals surface area contributed by atoms with Crippen LogP contribution in [-0.2, 0) is 4.74 Å². The number of anilines is 1. The molecule has 0 aromatic carbocycles. The first-order chi connectivity index (χ1) is 6.61. The molecule has 0 fully saturated rings. The summed E-state index contributed by atoms with van der Waals surface area (Å²) in [6.07, 6.45) is 1.65. The van der Waals surface area contributed by atoms with Crippen LogP contribution >= 0.6 is 11.3 Å². The molecule has 0 aliphatic carbocycles. The molecule has 0 saturated carbocycles. The molecule has 1 aromatic rings. The Morgan fingerprint density at radius 3 is 2.79 bits per heavy atom. The Kier molecular flexibility index (Phi) is 3.24. The second-order valence-electron chi connectivity index (χ2n) is 2.71. The van der Waals surface area contributed by atoms with Gasteiger partial charge in [-0.25, -0.2) is 4.79 Å². The minimum Gasteiger partial charge on any atom is -0.465 e. The lowest BCUT2D eigenvalue weighted by Crippen LogP contribution is -2.00. The molecule has 0 atom stereocenters. The Morgan fingerprint density at radius 1 is 1.64 bits per heavy atom. The molecule has 0 unspecified atom stereocenters. The summed E-state index contributed by atoms with van der Waals surface area (Å²) >= 11 is 1.23. The Labute approximate surface area is 86.4 Å². The monoisotopic (exact) mass is 212 g/mol. The molecule has 5 heteroatoms. The molecular weight excluding hydrogens is 200 g/mol. The second kappa shape index (κ2) is 4.23. The van der Waals surface area contributed by atoms with Crippen molar-refractivity contribution in [2.45, 2.75) is 6.92 Å². The fourth-order valence-electron chi connectivity index (χ4n) is 1.13. The summed E-state index contributed by atoms with van der Waals surface area (Å²) in [7, 11) is 3.01. The first-order valence-electron chi connectivity index (χ1n) is 4.01. The number of nitrogens with zero attached hydrogens (tertiary/aromatic N) is 1. The average molecular weight is 212 g/mol. The number of methoxy groups -OCH3 is 1. The third kappa shape index (κ3) is 1.77. The van der Waals surface area contributed by atoms with E-state index in [4.69, 9.17) is 5.73 Å². The number of carbonyl (C=O) groups is 1. The van der Waals surface area contributed by atoms with Gasteiger partial charge in [0.2, 0.25) is 0 Å². The molecule has 76 valence electrons. The Bertz CT molecular complexity index is 382. The maximum absolute atomic E-state index is 11.3. The highest BCUT2D eigenvalue weighted by atomic mass is 32.1. The van der Waals surface area contributed by atoms with Crippen molar-refractivity contribution in [1.29, 1.82) is 0 Å². The highest BCUT2D eigenvalue weighted by Gasteiger charge is 2.17. The normalized spacial score (nSPS) is 10.8. The number of rotatable bonds is 2. The van der Waals surface area contributed by atoms with Crippen molar-refractivity contribution in [3.8, 4) is 0 Å². The molecule has 0 aliphatic heterocycles. The van der Waals surface area contributed by atoms with Gasteiger partial charge in [0.15, 0.2) is 0 Å². The van der Waals surface area contributed by atoms with Gasteiger partial charge >= 0.3 is 5.97 Å². The molecule has 0 spiro atoms. The third-order valence-corrected chi connectivity index (χ3v) is 2.97. The first kappa shape index (κ1) is 10.7. The van der Waals surface area contributed by atoms with Crippen molar-refractivity contribution >= 4 is 28.5 Å². The molecule has 1 aromatic heterocycles. The van der Waals surface area contributed by atoms with Crippen LogP contribution in [0.25, 0.3) is 0 Å². The van der Waals surface area contributed by atoms with Crippen LogP contribution in [0.3, 0.4) is 0 Å². The van der Waals surface area contributed by atoms with E-state index in [1.807, 2.05) is 6.92 Å². The van der Waals surface area contributed by atoms with Gasteiger partial charge in [-0.2, -0.15) is 0 Å². The van der Waals surface area contributed by atoms with Crippen LogP contribution in [0.1, 0.15) is 20.8 Å². The maximum atomic E-state index is 11.3. The van der Waals surface area contributed by atoms with E-state index in [2.05, 4.69) is 9.73 Å². The van der Waals surface area contributed by atoms with Gasteiger partial charge in [0.05, 0.1) is 12.1 Å². The summed E-state index contributed by atoms with van der Waals surface area (Å²) in [5, 5.41) is 0.591. The quantitative estimate of drug-likeness (QED) is 0.596. The summed E-state index contributed by atoms with van der Waals surface area (Å²) in [4.78, 5) is 15.7. The van der Waals surface area contributed by atoms with Crippen molar-refractivity contribution in [3.05, 3.63) is 16.0 Å². The van der Waals surface area contributed by atoms with E-state index in [9.17, 15) is 4.79 Å². The zero-order chi connectivity index (χ0) is 10.7. The topological polar surface area (TPSA) is 64.7 Å². The standard InChI is InChI=1S/C9H12N2O2S/c1-5-6(4-11-2)8(10)14-7(5)9(12)13-3/h4H,10H2,1-3H3. The van der Waals surface area contributed by atoms with E-state index >= 15 is 0 Å². The molecular formula is C9H12N2O2S. The Morgan fingerprint density at radius 2 is 2.29 bits per heavy atom. The average Bonchev–Trinajstić information content (AvgIpc) is 2.45. The van der Waals surface area contributed by atoms with Crippen LogP contribution < -0.4 is 5.73 Å². The SMILES string of the molecule is CN=Cc1c(N)sc(C(=O)OC)c1C. The predicted octanol–water partition coefficient (Wildman–Crippen LogP) is 1.47. The number of ether oxygens (including phenoxy) is 1. The summed E-state index contributed by atoms with van der Waals surface area (Å²) in [5.74, 6) is -0.352. The minimum absolute atomic E-state index is 0.352. The van der Waals surface area contributed by atoms with Gasteiger partial charge in [0, 0.05) is 18.8 Å². The molecule has 1 rings (SSSR count). The molecule has 4 nitrogen and oxygen atoms in total. The number of aliphatic imine (C=N–C) groups is 1. The van der Waals surface area contributed by atoms with Gasteiger partial charge in [0.25, 0.3) is 0 Å². The van der Waals surface area contributed by atoms with E-state index in [1.165, 1.54) is 18.4 Å². The van der Waals surface area contributed by atoms with Crippen LogP contribution in [0.15, 0.2) is 4.99 Å². The zero-order valence-electron chi connectivity index (χ0n) is 8.33. The number of nitrogen functional groups attached to an aromatic ring is 1. The minimum atomic E-state index is -0.352. The summed E-state index contributed by atoms with van der Waals surface area (Å²) in [6, 6.07) is 0. The fraction of sp³-hybridized carbons (Fsp3) is 0.333. The molecule has 2 N–H and O–H groups in total. The lowest BCUT2D eigenvalue weighted by molar-refractivity contribution is 0.0605. The largest absolute Gasteiger partial charge is 0.465 e. The number of thiophene rings is 1. The first-order valence-corrected chi connectivity index (χ1v) is 4.82. The predicted molar refractivity (Wildman–Crippen MR) is 58.3 cm³/mol. The van der Waals surface area contributed by atoms with Crippen LogP contribution in [0.2, 0.25) is 0 Å². The molecule has 0 amide bonds. The highest BCUT2D eigenvalue weighted by Crippen LogP contribution is 2.29. The van der Waals surface area contributed by atoms with Crippen molar-refractivity contribution in [1.82, 2.24) is 0 Å². The number of hydrogen-bond donors (Lipinski definition) is 1. The van der Waals surface area contributed by atoms with E-state index < -0.39 is 0 Å². The Hall–Kier alpha value is -1.36. The van der Waals surface area contributed by atoms with Gasteiger partial charge in [-0.1, -0.05) is 0 Å². The Balaban J connectivity index is 3.23. The summed E-state index contributed by atoms with van der Waals surface area (Å²) < 4.78 is 4.63. The highest BCUT2D eigenvalue weighted by molar-refractivity contribution is 7.18. The number of carbonyl (C=O) groups excluding carboxylic acids is 1. The van der Waals surface area contributed by atoms with Crippen molar-refractivity contribution < 1.29 is 9.53 Å². The van der Waals surface area contributed by atoms with E-state index in [1.54, 1.807) is 13.3 Å². The van der Waals surface area contributed by atoms with Crippen molar-refractivity contribution in [2.75, 3.05) is 19.9 Å². The molecule has 0 bridgehead atoms. The number of nitrogens with two attached hydrogens (primary N) is 1. The van der Waals surface area contributed by atoms with Crippen LogP contribution in [0, 0.1) is 6.92 Å². The summed E-state index contributed by atoms with van der Waals surface area (Å²) in [5.41, 5.74) is 7.37.